The molecule has 1 aliphatic heterocycles. The highest BCUT2D eigenvalue weighted by atomic mass is 19.3. The number of alkyl halides is 2. The highest BCUT2D eigenvalue weighted by molar-refractivity contribution is 5.76. The SMILES string of the molecule is CC1(C(=O)O)CN(CC(F)F)C1. The van der Waals surface area contributed by atoms with E-state index >= 15 is 0 Å². The summed E-state index contributed by atoms with van der Waals surface area (Å²) in [6.45, 7) is 1.71. The molecule has 0 unspecified atom stereocenters. The second-order valence-electron chi connectivity index (χ2n) is 3.43. The first-order valence-electron chi connectivity index (χ1n) is 3.68. The molecule has 0 atom stereocenters. The van der Waals surface area contributed by atoms with Crippen molar-refractivity contribution in [2.24, 2.45) is 5.41 Å². The quantitative estimate of drug-likeness (QED) is 0.691. The Morgan fingerprint density at radius 2 is 2.17 bits per heavy atom. The average Bonchev–Trinajstić information content (AvgIpc) is 1.82. The molecule has 1 saturated heterocycles. The normalized spacial score (nSPS) is 22.3. The maximum absolute atomic E-state index is 11.8. The maximum Gasteiger partial charge on any atom is 0.311 e. The van der Waals surface area contributed by atoms with E-state index in [1.54, 1.807) is 6.92 Å². The van der Waals surface area contributed by atoms with Gasteiger partial charge in [-0.1, -0.05) is 0 Å². The van der Waals surface area contributed by atoms with Crippen LogP contribution in [-0.2, 0) is 4.79 Å². The van der Waals surface area contributed by atoms with E-state index in [0.717, 1.165) is 0 Å². The Morgan fingerprint density at radius 3 is 2.50 bits per heavy atom. The van der Waals surface area contributed by atoms with Crippen molar-refractivity contribution in [3.63, 3.8) is 0 Å². The summed E-state index contributed by atoms with van der Waals surface area (Å²) in [6, 6.07) is 0. The van der Waals surface area contributed by atoms with Crippen LogP contribution < -0.4 is 0 Å². The summed E-state index contributed by atoms with van der Waals surface area (Å²) in [6.07, 6.45) is -2.37. The van der Waals surface area contributed by atoms with Gasteiger partial charge >= 0.3 is 5.97 Å². The second kappa shape index (κ2) is 2.97. The van der Waals surface area contributed by atoms with Crippen LogP contribution in [-0.4, -0.2) is 42.0 Å². The van der Waals surface area contributed by atoms with Crippen LogP contribution in [0, 0.1) is 5.41 Å². The fraction of sp³-hybridized carbons (Fsp3) is 0.857. The van der Waals surface area contributed by atoms with Gasteiger partial charge in [0.1, 0.15) is 0 Å². The van der Waals surface area contributed by atoms with E-state index in [2.05, 4.69) is 0 Å². The van der Waals surface area contributed by atoms with Crippen LogP contribution in [0.5, 0.6) is 0 Å². The topological polar surface area (TPSA) is 40.5 Å². The zero-order valence-electron chi connectivity index (χ0n) is 6.76. The van der Waals surface area contributed by atoms with Crippen molar-refractivity contribution in [2.75, 3.05) is 19.6 Å². The zero-order chi connectivity index (χ0) is 9.35. The van der Waals surface area contributed by atoms with Crippen molar-refractivity contribution in [1.29, 1.82) is 0 Å². The summed E-state index contributed by atoms with van der Waals surface area (Å²) in [7, 11) is 0. The number of hydrogen-bond donors (Lipinski definition) is 1. The Kier molecular flexibility index (Phi) is 2.32. The molecule has 1 aliphatic rings. The Labute approximate surface area is 69.0 Å². The van der Waals surface area contributed by atoms with Gasteiger partial charge in [-0.2, -0.15) is 0 Å². The van der Waals surface area contributed by atoms with E-state index in [-0.39, 0.29) is 19.6 Å². The molecule has 0 bridgehead atoms. The molecule has 70 valence electrons. The molecule has 5 heteroatoms. The number of carboxylic acids is 1. The van der Waals surface area contributed by atoms with Gasteiger partial charge in [0.2, 0.25) is 0 Å². The summed E-state index contributed by atoms with van der Waals surface area (Å²) in [5, 5.41) is 8.63. The van der Waals surface area contributed by atoms with Crippen LogP contribution in [0.1, 0.15) is 6.92 Å². The van der Waals surface area contributed by atoms with E-state index in [9.17, 15) is 13.6 Å². The number of carboxylic acid groups (broad SMARTS) is 1. The maximum atomic E-state index is 11.8. The molecule has 1 fully saturated rings. The molecule has 0 aliphatic carbocycles. The van der Waals surface area contributed by atoms with Gasteiger partial charge in [-0.15, -0.1) is 0 Å². The molecule has 0 amide bonds. The van der Waals surface area contributed by atoms with E-state index in [1.165, 1.54) is 4.90 Å². The van der Waals surface area contributed by atoms with Crippen LogP contribution in [0.4, 0.5) is 8.78 Å². The zero-order valence-corrected chi connectivity index (χ0v) is 6.76. The molecule has 0 aromatic rings. The fourth-order valence-corrected chi connectivity index (χ4v) is 1.40. The largest absolute Gasteiger partial charge is 0.481 e. The summed E-state index contributed by atoms with van der Waals surface area (Å²) in [5.74, 6) is -0.909. The lowest BCUT2D eigenvalue weighted by Crippen LogP contribution is -2.59. The smallest absolute Gasteiger partial charge is 0.311 e. The molecule has 0 aromatic carbocycles. The van der Waals surface area contributed by atoms with Gasteiger partial charge in [0.15, 0.2) is 0 Å². The van der Waals surface area contributed by atoms with Gasteiger partial charge in [0.05, 0.1) is 12.0 Å². The Hall–Kier alpha value is -0.710. The van der Waals surface area contributed by atoms with Crippen molar-refractivity contribution in [2.45, 2.75) is 13.3 Å². The predicted octanol–water partition coefficient (Wildman–Crippen LogP) is 0.658. The van der Waals surface area contributed by atoms with Gasteiger partial charge < -0.3 is 5.11 Å². The molecule has 1 rings (SSSR count). The van der Waals surface area contributed by atoms with Crippen molar-refractivity contribution >= 4 is 5.97 Å². The monoisotopic (exact) mass is 179 g/mol. The predicted molar refractivity (Wildman–Crippen MR) is 38.2 cm³/mol. The molecule has 3 nitrogen and oxygen atoms in total. The lowest BCUT2D eigenvalue weighted by atomic mass is 9.82. The average molecular weight is 179 g/mol. The molecule has 1 N–H and O–H groups in total. The standard InChI is InChI=1S/C7H11F2NO2/c1-7(6(11)12)3-10(4-7)2-5(8)9/h5H,2-4H2,1H3,(H,11,12). The van der Waals surface area contributed by atoms with Crippen LogP contribution in [0.15, 0.2) is 0 Å². The molecule has 1 heterocycles. The summed E-state index contributed by atoms with van der Waals surface area (Å²) >= 11 is 0. The van der Waals surface area contributed by atoms with E-state index in [4.69, 9.17) is 5.11 Å². The first kappa shape index (κ1) is 9.38. The molecule has 0 saturated carbocycles. The van der Waals surface area contributed by atoms with Crippen LogP contribution in [0.2, 0.25) is 0 Å². The lowest BCUT2D eigenvalue weighted by molar-refractivity contribution is -0.160. The highest BCUT2D eigenvalue weighted by Gasteiger charge is 2.45. The third kappa shape index (κ3) is 1.72. The molecule has 0 radical (unpaired) electrons. The van der Waals surface area contributed by atoms with Gasteiger partial charge in [-0.25, -0.2) is 8.78 Å². The van der Waals surface area contributed by atoms with Crippen molar-refractivity contribution in [3.8, 4) is 0 Å². The third-order valence-electron chi connectivity index (χ3n) is 2.06. The second-order valence-corrected chi connectivity index (χ2v) is 3.43. The minimum atomic E-state index is -2.37. The number of rotatable bonds is 3. The number of carbonyl (C=O) groups is 1. The number of likely N-dealkylation sites (tertiary alicyclic amines) is 1. The Balaban J connectivity index is 2.32. The third-order valence-corrected chi connectivity index (χ3v) is 2.06. The van der Waals surface area contributed by atoms with E-state index in [1.807, 2.05) is 0 Å². The van der Waals surface area contributed by atoms with Crippen molar-refractivity contribution in [1.82, 2.24) is 4.90 Å². The fourth-order valence-electron chi connectivity index (χ4n) is 1.40. The highest BCUT2D eigenvalue weighted by Crippen LogP contribution is 2.30. The molecular weight excluding hydrogens is 168 g/mol. The Bertz CT molecular complexity index is 190. The van der Waals surface area contributed by atoms with Gasteiger partial charge in [0.25, 0.3) is 6.43 Å². The summed E-state index contributed by atoms with van der Waals surface area (Å²) in [5.41, 5.74) is -0.811. The van der Waals surface area contributed by atoms with Crippen LogP contribution in [0.25, 0.3) is 0 Å². The molecule has 12 heavy (non-hydrogen) atoms. The van der Waals surface area contributed by atoms with Crippen LogP contribution in [0.3, 0.4) is 0 Å². The van der Waals surface area contributed by atoms with Crippen molar-refractivity contribution in [3.05, 3.63) is 0 Å². The number of nitrogens with zero attached hydrogens (tertiary/aromatic N) is 1. The first-order chi connectivity index (χ1) is 5.44. The lowest BCUT2D eigenvalue weighted by Gasteiger charge is -2.44. The van der Waals surface area contributed by atoms with Gasteiger partial charge in [-0.05, 0) is 6.92 Å². The summed E-state index contributed by atoms with van der Waals surface area (Å²) < 4.78 is 23.5. The van der Waals surface area contributed by atoms with Crippen LogP contribution >= 0.6 is 0 Å². The van der Waals surface area contributed by atoms with Gasteiger partial charge in [0, 0.05) is 13.1 Å². The van der Waals surface area contributed by atoms with E-state index < -0.39 is 17.8 Å². The number of halogens is 2. The van der Waals surface area contributed by atoms with Gasteiger partial charge in [-0.3, -0.25) is 9.69 Å². The summed E-state index contributed by atoms with van der Waals surface area (Å²) in [4.78, 5) is 12.0. The number of aliphatic carboxylic acids is 1. The minimum absolute atomic E-state index is 0.229. The van der Waals surface area contributed by atoms with E-state index in [0.29, 0.717) is 0 Å². The Morgan fingerprint density at radius 1 is 1.67 bits per heavy atom. The molecular formula is C7H11F2NO2. The van der Waals surface area contributed by atoms with Crippen molar-refractivity contribution < 1.29 is 18.7 Å². The molecule has 0 spiro atoms. The first-order valence-corrected chi connectivity index (χ1v) is 3.68. The minimum Gasteiger partial charge on any atom is -0.481 e. The molecule has 0 aromatic heterocycles. The number of hydrogen-bond acceptors (Lipinski definition) is 2.